The van der Waals surface area contributed by atoms with Gasteiger partial charge in [-0.15, -0.1) is 0 Å². The maximum atomic E-state index is 15.0. The van der Waals surface area contributed by atoms with Gasteiger partial charge in [-0.25, -0.2) is 0 Å². The molecule has 0 aliphatic heterocycles. The van der Waals surface area contributed by atoms with Gasteiger partial charge in [-0.3, -0.25) is 0 Å². The highest BCUT2D eigenvalue weighted by atomic mass is 31.2. The van der Waals surface area contributed by atoms with Crippen LogP contribution >= 0.6 is 7.14 Å². The lowest BCUT2D eigenvalue weighted by Gasteiger charge is -2.22. The quantitative estimate of drug-likeness (QED) is 0.167. The fourth-order valence-electron chi connectivity index (χ4n) is 6.41. The zero-order valence-electron chi connectivity index (χ0n) is 26.9. The normalized spacial score (nSPS) is 11.0. The second kappa shape index (κ2) is 14.5. The van der Waals surface area contributed by atoms with Crippen molar-refractivity contribution in [3.63, 3.8) is 0 Å². The van der Waals surface area contributed by atoms with E-state index in [0.29, 0.717) is 0 Å². The van der Waals surface area contributed by atoms with Crippen molar-refractivity contribution in [1.82, 2.24) is 4.57 Å². The van der Waals surface area contributed by atoms with Crippen LogP contribution in [0.2, 0.25) is 0 Å². The first-order valence-corrected chi connectivity index (χ1v) is 17.7. The van der Waals surface area contributed by atoms with Crippen molar-refractivity contribution in [3.8, 4) is 5.69 Å². The van der Waals surface area contributed by atoms with Crippen LogP contribution in [0.3, 0.4) is 0 Å². The minimum Gasteiger partial charge on any atom is -0.412 e. The molecule has 0 saturated heterocycles. The summed E-state index contributed by atoms with van der Waals surface area (Å²) in [4.78, 5) is 0. The molecule has 0 aliphatic rings. The molecule has 0 amide bonds. The molecular weight excluding hydrogens is 605 g/mol. The molecule has 3 nitrogen and oxygen atoms in total. The predicted molar refractivity (Wildman–Crippen MR) is 204 cm³/mol. The van der Waals surface area contributed by atoms with Crippen LogP contribution in [0.1, 0.15) is 16.7 Å². The van der Waals surface area contributed by atoms with Crippen LogP contribution in [0, 0.1) is 6.92 Å². The summed E-state index contributed by atoms with van der Waals surface area (Å²) in [6.07, 6.45) is 1.03. The largest absolute Gasteiger partial charge is 0.412 e. The van der Waals surface area contributed by atoms with Crippen molar-refractivity contribution >= 4 is 44.9 Å². The van der Waals surface area contributed by atoms with E-state index < -0.39 is 7.14 Å². The summed E-state index contributed by atoms with van der Waals surface area (Å²) in [7, 11) is -3.07. The van der Waals surface area contributed by atoms with Crippen LogP contribution in [-0.2, 0) is 11.0 Å². The molecule has 0 spiro atoms. The molecule has 0 radical (unpaired) electrons. The SMILES string of the molecule is Cc1cc(-n2c3ccccc3c3ccccc32)cc(P(=O)(c2ccccc2)c2ccccc2)c1.O.c1ccc(Cc2ccccc2)cc1. The smallest absolute Gasteiger partial charge is 0.171 e. The maximum absolute atomic E-state index is 15.0. The van der Waals surface area contributed by atoms with Crippen molar-refractivity contribution in [3.05, 3.63) is 205 Å². The Morgan fingerprint density at radius 1 is 0.458 bits per heavy atom. The highest BCUT2D eigenvalue weighted by molar-refractivity contribution is 7.85. The number of fused-ring (bicyclic) bond motifs is 3. The lowest BCUT2D eigenvalue weighted by Crippen LogP contribution is -2.25. The lowest BCUT2D eigenvalue weighted by molar-refractivity contribution is 0.592. The Hall–Kier alpha value is -5.47. The van der Waals surface area contributed by atoms with Gasteiger partial charge in [-0.05, 0) is 60.4 Å². The van der Waals surface area contributed by atoms with E-state index in [4.69, 9.17) is 0 Å². The zero-order valence-corrected chi connectivity index (χ0v) is 27.8. The summed E-state index contributed by atoms with van der Waals surface area (Å²) in [5, 5.41) is 4.98. The fraction of sp³-hybridized carbons (Fsp3) is 0.0455. The second-order valence-corrected chi connectivity index (χ2v) is 14.6. The van der Waals surface area contributed by atoms with Crippen molar-refractivity contribution < 1.29 is 10.0 Å². The Morgan fingerprint density at radius 3 is 1.31 bits per heavy atom. The van der Waals surface area contributed by atoms with Gasteiger partial charge in [0.25, 0.3) is 0 Å². The third-order valence-corrected chi connectivity index (χ3v) is 11.6. The summed E-state index contributed by atoms with van der Waals surface area (Å²) in [6, 6.07) is 64.2. The average molecular weight is 644 g/mol. The Morgan fingerprint density at radius 2 is 0.854 bits per heavy atom. The van der Waals surface area contributed by atoms with Crippen LogP contribution < -0.4 is 15.9 Å². The molecule has 236 valence electrons. The standard InChI is InChI=1S/C31H24NOP.C13H12.H2O/c1-23-20-24(32-30-18-10-8-16-28(30)29-17-9-11-19-31(29)32)22-27(21-23)34(33,25-12-4-2-5-13-25)26-14-6-3-7-15-26;1-3-7-12(8-4-1)11-13-9-5-2-6-10-13;/h2-22H,1H3;1-10H,11H2;1H2. The number of rotatable bonds is 6. The van der Waals surface area contributed by atoms with Gasteiger partial charge in [0.1, 0.15) is 0 Å². The number of aromatic nitrogens is 1. The number of nitrogens with zero attached hydrogens (tertiary/aromatic N) is 1. The number of benzene rings is 7. The number of aryl methyl sites for hydroxylation is 1. The summed E-state index contributed by atoms with van der Waals surface area (Å²) in [5.74, 6) is 0. The minimum absolute atomic E-state index is 0. The molecule has 4 heteroatoms. The van der Waals surface area contributed by atoms with Crippen LogP contribution in [-0.4, -0.2) is 10.0 Å². The maximum Gasteiger partial charge on any atom is 0.171 e. The van der Waals surface area contributed by atoms with Crippen LogP contribution in [0.25, 0.3) is 27.5 Å². The first kappa shape index (κ1) is 32.5. The van der Waals surface area contributed by atoms with Crippen molar-refractivity contribution in [2.24, 2.45) is 0 Å². The number of para-hydroxylation sites is 2. The molecule has 48 heavy (non-hydrogen) atoms. The molecule has 0 fully saturated rings. The summed E-state index contributed by atoms with van der Waals surface area (Å²) < 4.78 is 17.3. The van der Waals surface area contributed by atoms with Crippen LogP contribution in [0.5, 0.6) is 0 Å². The minimum atomic E-state index is -3.07. The van der Waals surface area contributed by atoms with Crippen LogP contribution in [0.15, 0.2) is 188 Å². The molecule has 0 saturated carbocycles. The van der Waals surface area contributed by atoms with E-state index in [1.165, 1.54) is 21.9 Å². The van der Waals surface area contributed by atoms with Crippen molar-refractivity contribution in [1.29, 1.82) is 0 Å². The van der Waals surface area contributed by atoms with E-state index in [9.17, 15) is 0 Å². The van der Waals surface area contributed by atoms with Gasteiger partial charge in [0.15, 0.2) is 7.14 Å². The Balaban J connectivity index is 0.000000241. The first-order chi connectivity index (χ1) is 23.1. The Bertz CT molecular complexity index is 2160. The van der Waals surface area contributed by atoms with E-state index in [1.54, 1.807) is 0 Å². The molecule has 1 aromatic heterocycles. The van der Waals surface area contributed by atoms with Gasteiger partial charge in [-0.2, -0.15) is 0 Å². The second-order valence-electron chi connectivity index (χ2n) is 11.8. The fourth-order valence-corrected chi connectivity index (χ4v) is 9.18. The predicted octanol–water partition coefficient (Wildman–Crippen LogP) is 9.18. The molecule has 0 aliphatic carbocycles. The number of hydrogen-bond acceptors (Lipinski definition) is 1. The summed E-state index contributed by atoms with van der Waals surface area (Å²) >= 11 is 0. The summed E-state index contributed by atoms with van der Waals surface area (Å²) in [5.41, 5.74) is 7.15. The Kier molecular flexibility index (Phi) is 9.83. The van der Waals surface area contributed by atoms with Gasteiger partial charge < -0.3 is 14.6 Å². The molecule has 1 heterocycles. The van der Waals surface area contributed by atoms with Crippen molar-refractivity contribution in [2.45, 2.75) is 13.3 Å². The Labute approximate surface area is 282 Å². The highest BCUT2D eigenvalue weighted by Crippen LogP contribution is 2.43. The molecule has 7 aromatic carbocycles. The molecule has 0 unspecified atom stereocenters. The first-order valence-electron chi connectivity index (χ1n) is 16.0. The number of hydrogen-bond donors (Lipinski definition) is 0. The molecule has 0 bridgehead atoms. The average Bonchev–Trinajstić information content (AvgIpc) is 3.47. The van der Waals surface area contributed by atoms with E-state index in [0.717, 1.165) is 44.6 Å². The van der Waals surface area contributed by atoms with Gasteiger partial charge in [0.05, 0.1) is 11.0 Å². The molecule has 0 atom stereocenters. The van der Waals surface area contributed by atoms with Gasteiger partial charge in [-0.1, -0.05) is 158 Å². The third kappa shape index (κ3) is 6.52. The third-order valence-electron chi connectivity index (χ3n) is 8.58. The van der Waals surface area contributed by atoms with Gasteiger partial charge >= 0.3 is 0 Å². The molecule has 8 aromatic rings. The van der Waals surface area contributed by atoms with E-state index in [-0.39, 0.29) is 5.48 Å². The van der Waals surface area contributed by atoms with E-state index in [2.05, 4.69) is 139 Å². The van der Waals surface area contributed by atoms with Gasteiger partial charge in [0.2, 0.25) is 0 Å². The topological polar surface area (TPSA) is 53.5 Å². The van der Waals surface area contributed by atoms with Crippen LogP contribution in [0.4, 0.5) is 0 Å². The molecule has 2 N–H and O–H groups in total. The molecule has 8 rings (SSSR count). The lowest BCUT2D eigenvalue weighted by atomic mass is 10.1. The van der Waals surface area contributed by atoms with Crippen molar-refractivity contribution in [2.75, 3.05) is 0 Å². The zero-order chi connectivity index (χ0) is 32.1. The summed E-state index contributed by atoms with van der Waals surface area (Å²) in [6.45, 7) is 2.08. The van der Waals surface area contributed by atoms with E-state index in [1.807, 2.05) is 60.7 Å². The van der Waals surface area contributed by atoms with E-state index >= 15 is 4.57 Å². The monoisotopic (exact) mass is 643 g/mol. The highest BCUT2D eigenvalue weighted by Gasteiger charge is 2.30. The van der Waals surface area contributed by atoms with Gasteiger partial charge in [0, 0.05) is 32.4 Å². The molecular formula is C44H38NO2P.